The Morgan fingerprint density at radius 1 is 0.912 bits per heavy atom. The van der Waals surface area contributed by atoms with Gasteiger partial charge >= 0.3 is 0 Å². The molecule has 0 aliphatic carbocycles. The summed E-state index contributed by atoms with van der Waals surface area (Å²) in [6, 6.07) is -4.27. The van der Waals surface area contributed by atoms with Gasteiger partial charge in [0.2, 0.25) is 64.1 Å². The number of primary amides is 1. The molecule has 11 atom stereocenters. The number of amides is 10. The molecule has 372 valence electrons. The molecule has 2 aromatic rings. The Hall–Kier alpha value is -6.35. The van der Waals surface area contributed by atoms with Gasteiger partial charge in [-0.2, -0.15) is 0 Å². The summed E-state index contributed by atoms with van der Waals surface area (Å²) < 4.78 is 14.8. The van der Waals surface area contributed by atoms with Crippen LogP contribution in [0, 0.1) is 17.8 Å². The van der Waals surface area contributed by atoms with Crippen LogP contribution in [0.5, 0.6) is 0 Å². The zero-order chi connectivity index (χ0) is 50.1. The predicted octanol–water partition coefficient (Wildman–Crippen LogP) is -5.42. The zero-order valence-corrected chi connectivity index (χ0v) is 38.7. The van der Waals surface area contributed by atoms with Crippen molar-refractivity contribution in [1.82, 2.24) is 47.1 Å². The monoisotopic (exact) mass is 973 g/mol. The third-order valence-corrected chi connectivity index (χ3v) is 13.7. The maximum atomic E-state index is 14.8. The fraction of sp³-hybridized carbons (Fsp3) is 0.571. The number of benzene rings is 1. The van der Waals surface area contributed by atoms with Crippen LogP contribution in [0.3, 0.4) is 0 Å². The van der Waals surface area contributed by atoms with Gasteiger partial charge in [0.1, 0.15) is 29.9 Å². The van der Waals surface area contributed by atoms with Crippen molar-refractivity contribution < 1.29 is 67.8 Å². The molecule has 1 aromatic heterocycles. The Labute approximate surface area is 392 Å². The van der Waals surface area contributed by atoms with Crippen LogP contribution in [0.15, 0.2) is 23.2 Å². The highest BCUT2D eigenvalue weighted by Crippen LogP contribution is 2.31. The van der Waals surface area contributed by atoms with Crippen molar-refractivity contribution in [1.29, 1.82) is 0 Å². The van der Waals surface area contributed by atoms with Gasteiger partial charge in [-0.25, -0.2) is 0 Å². The first-order valence-corrected chi connectivity index (χ1v) is 23.3. The fourth-order valence-electron chi connectivity index (χ4n) is 8.20. The number of nitrogens with zero attached hydrogens (tertiary/aromatic N) is 1. The summed E-state index contributed by atoms with van der Waals surface area (Å²) in [6.07, 6.45) is -4.38. The lowest BCUT2D eigenvalue weighted by Crippen LogP contribution is -2.62. The Kier molecular flexibility index (Phi) is 17.9. The molecule has 10 amide bonds. The minimum Gasteiger partial charge on any atom is -0.610 e. The molecule has 4 heterocycles. The van der Waals surface area contributed by atoms with Gasteiger partial charge in [0, 0.05) is 72.1 Å². The van der Waals surface area contributed by atoms with Crippen LogP contribution in [-0.2, 0) is 65.5 Å². The smallest absolute Gasteiger partial charge is 0.248 e. The van der Waals surface area contributed by atoms with Crippen molar-refractivity contribution in [2.75, 3.05) is 43.9 Å². The standard InChI is InChI=1S/C42H59N11O14S/c1-5-18(2)25-12-44-33(59)13-46-37(62)27-10-24-23-8-21(47-20(4)55)6-7-26(23)51-41(24)68(67)17-29(48-34(60)14-45-36(25)61)38(63)50-28(11-32(43)58)42(66)53-15-22(56)9-30(53)39(64)52-35(40(65)49-27)19(3)31(57)16-54/h6-8,18-19,22,25,27-31,35,51,54,56-57H,5,9-17H2,1-4H3,(H2,43,58)(H,44,59)(H,45,61)(H,46,62)(H,47,55)(H,48,60)(H,49,65)(H,50,63)(H,52,64)/t18-,19?,22+,25-,27-,28-,29-,30-,31?,35-,68?/m0/s1. The van der Waals surface area contributed by atoms with Gasteiger partial charge in [-0.1, -0.05) is 27.2 Å². The number of H-pyrrole nitrogens is 1. The maximum Gasteiger partial charge on any atom is 0.248 e. The van der Waals surface area contributed by atoms with Crippen LogP contribution in [0.2, 0.25) is 0 Å². The minimum atomic E-state index is -2.40. The molecule has 3 aliphatic heterocycles. The molecule has 68 heavy (non-hydrogen) atoms. The molecule has 14 N–H and O–H groups in total. The second-order valence-corrected chi connectivity index (χ2v) is 18.7. The number of rotatable bonds is 8. The molecule has 3 unspecified atom stereocenters. The van der Waals surface area contributed by atoms with E-state index in [4.69, 9.17) is 5.73 Å². The minimum absolute atomic E-state index is 0.0602. The Bertz CT molecular complexity index is 2290. The number of aliphatic hydroxyl groups excluding tert-OH is 3. The third-order valence-electron chi connectivity index (χ3n) is 12.2. The number of nitrogens with one attached hydrogen (secondary N) is 9. The quantitative estimate of drug-likeness (QED) is 0.110. The zero-order valence-electron chi connectivity index (χ0n) is 37.8. The number of carbonyl (C=O) groups is 10. The van der Waals surface area contributed by atoms with Gasteiger partial charge in [0.15, 0.2) is 6.04 Å². The highest BCUT2D eigenvalue weighted by atomic mass is 32.2. The SMILES string of the molecule is CC[C@H](C)[C@@H]1CNC(=O)CNC(=O)[C@@H]2Cc3c([nH]c4ccc(NC(C)=O)cc34)[S+]([O-])C[C@H](NC(=O)CNC1=O)C(=O)N[C@@H](CC(N)=O)C(=O)N1C[C@H](O)C[C@H]1C(=O)N[C@@H](C(C)C(O)CO)C(=O)N2. The number of hydrogen-bond donors (Lipinski definition) is 13. The van der Waals surface area contributed by atoms with Gasteiger partial charge in [-0.05, 0) is 24.1 Å². The van der Waals surface area contributed by atoms with E-state index in [0.717, 1.165) is 4.90 Å². The average Bonchev–Trinajstić information content (AvgIpc) is 3.86. The second-order valence-electron chi connectivity index (χ2n) is 17.2. The molecule has 1 aromatic carbocycles. The van der Waals surface area contributed by atoms with E-state index in [0.29, 0.717) is 6.42 Å². The van der Waals surface area contributed by atoms with Crippen molar-refractivity contribution in [3.63, 3.8) is 0 Å². The van der Waals surface area contributed by atoms with Gasteiger partial charge < -0.3 is 78.0 Å². The number of anilines is 1. The highest BCUT2D eigenvalue weighted by Gasteiger charge is 2.45. The van der Waals surface area contributed by atoms with E-state index in [9.17, 15) is 67.8 Å². The molecule has 3 aliphatic rings. The fourth-order valence-corrected chi connectivity index (χ4v) is 9.60. The van der Waals surface area contributed by atoms with Crippen LogP contribution in [0.1, 0.15) is 52.5 Å². The molecule has 0 spiro atoms. The molecule has 1 saturated heterocycles. The van der Waals surface area contributed by atoms with E-state index in [-0.39, 0.29) is 39.6 Å². The van der Waals surface area contributed by atoms with Gasteiger partial charge in [0.25, 0.3) is 0 Å². The molecule has 25 nitrogen and oxygen atoms in total. The number of carbonyl (C=O) groups excluding carboxylic acids is 10. The summed E-state index contributed by atoms with van der Waals surface area (Å²) in [5.74, 6) is -12.8. The molecule has 1 fully saturated rings. The van der Waals surface area contributed by atoms with Crippen LogP contribution < -0.4 is 48.3 Å². The second kappa shape index (κ2) is 23.1. The molecular formula is C42H59N11O14S. The number of aromatic nitrogens is 1. The van der Waals surface area contributed by atoms with Gasteiger partial charge in [0.05, 0.1) is 44.2 Å². The van der Waals surface area contributed by atoms with E-state index < -0.39 is 176 Å². The largest absolute Gasteiger partial charge is 0.610 e. The first-order chi connectivity index (χ1) is 32.1. The van der Waals surface area contributed by atoms with Crippen LogP contribution in [0.4, 0.5) is 5.69 Å². The van der Waals surface area contributed by atoms with E-state index >= 15 is 0 Å². The number of aliphatic hydroxyl groups is 3. The molecular weight excluding hydrogens is 915 g/mol. The van der Waals surface area contributed by atoms with E-state index in [2.05, 4.69) is 47.5 Å². The lowest BCUT2D eigenvalue weighted by atomic mass is 9.90. The normalized spacial score (nSPS) is 27.6. The number of aromatic amines is 1. The van der Waals surface area contributed by atoms with E-state index in [1.807, 2.05) is 0 Å². The Morgan fingerprint density at radius 2 is 1.60 bits per heavy atom. The first-order valence-electron chi connectivity index (χ1n) is 22.0. The Balaban J connectivity index is 1.75. The number of nitrogens with two attached hydrogens (primary N) is 1. The maximum absolute atomic E-state index is 14.8. The summed E-state index contributed by atoms with van der Waals surface area (Å²) in [7, 11) is 0. The third kappa shape index (κ3) is 13.0. The lowest BCUT2D eigenvalue weighted by Gasteiger charge is -2.32. The molecule has 26 heteroatoms. The van der Waals surface area contributed by atoms with Crippen LogP contribution in [-0.4, -0.2) is 170 Å². The lowest BCUT2D eigenvalue weighted by molar-refractivity contribution is -0.144. The van der Waals surface area contributed by atoms with Gasteiger partial charge in [-0.15, -0.1) is 0 Å². The first kappa shape index (κ1) is 52.6. The summed E-state index contributed by atoms with van der Waals surface area (Å²) in [4.78, 5) is 140. The molecule has 5 rings (SSSR count). The molecule has 0 radical (unpaired) electrons. The average molecular weight is 974 g/mol. The topological polar surface area (TPSA) is 396 Å². The summed E-state index contributed by atoms with van der Waals surface area (Å²) in [6.45, 7) is 3.00. The van der Waals surface area contributed by atoms with Crippen molar-refractivity contribution in [3.8, 4) is 0 Å². The van der Waals surface area contributed by atoms with Crippen molar-refractivity contribution >= 4 is 86.8 Å². The van der Waals surface area contributed by atoms with Crippen molar-refractivity contribution in [2.45, 2.75) is 101 Å². The van der Waals surface area contributed by atoms with Crippen molar-refractivity contribution in [3.05, 3.63) is 23.8 Å². The number of fused-ring (bicyclic) bond motifs is 5. The summed E-state index contributed by atoms with van der Waals surface area (Å²) in [5, 5.41) is 51.5. The van der Waals surface area contributed by atoms with Crippen LogP contribution >= 0.6 is 0 Å². The predicted molar refractivity (Wildman–Crippen MR) is 239 cm³/mol. The highest BCUT2D eigenvalue weighted by molar-refractivity contribution is 7.91. The van der Waals surface area contributed by atoms with Gasteiger partial charge in [-0.3, -0.25) is 47.9 Å². The molecule has 0 saturated carbocycles. The number of hydrogen-bond acceptors (Lipinski definition) is 14. The summed E-state index contributed by atoms with van der Waals surface area (Å²) in [5.41, 5.74) is 6.09. The van der Waals surface area contributed by atoms with Crippen LogP contribution in [0.25, 0.3) is 10.9 Å². The van der Waals surface area contributed by atoms with Crippen molar-refractivity contribution in [2.24, 2.45) is 23.5 Å². The Morgan fingerprint density at radius 3 is 2.26 bits per heavy atom. The van der Waals surface area contributed by atoms with E-state index in [1.165, 1.54) is 32.0 Å². The molecule has 2 bridgehead atoms. The summed E-state index contributed by atoms with van der Waals surface area (Å²) >= 11 is -2.40. The van der Waals surface area contributed by atoms with E-state index in [1.54, 1.807) is 13.8 Å².